The number of hydrogen-bond donors (Lipinski definition) is 1. The lowest BCUT2D eigenvalue weighted by Crippen LogP contribution is -2.29. The van der Waals surface area contributed by atoms with Gasteiger partial charge in [-0.3, -0.25) is 0 Å². The molecule has 0 atom stereocenters. The number of nitrogens with zero attached hydrogens (tertiary/aromatic N) is 2. The quantitative estimate of drug-likeness (QED) is 0.863. The molecule has 1 aromatic heterocycles. The summed E-state index contributed by atoms with van der Waals surface area (Å²) in [5, 5.41) is 4.86. The molecule has 0 amide bonds. The van der Waals surface area contributed by atoms with Crippen molar-refractivity contribution in [2.45, 2.75) is 70.9 Å². The van der Waals surface area contributed by atoms with E-state index >= 15 is 0 Å². The number of thiazole rings is 1. The van der Waals surface area contributed by atoms with E-state index in [-0.39, 0.29) is 5.41 Å². The summed E-state index contributed by atoms with van der Waals surface area (Å²) in [7, 11) is 2.21. The predicted octanol–water partition coefficient (Wildman–Crippen LogP) is 3.93. The second-order valence-corrected chi connectivity index (χ2v) is 8.91. The van der Waals surface area contributed by atoms with Crippen molar-refractivity contribution < 1.29 is 0 Å². The maximum Gasteiger partial charge on any atom is 0.185 e. The van der Waals surface area contributed by atoms with Crippen molar-refractivity contribution in [2.24, 2.45) is 5.92 Å². The molecule has 4 heteroatoms. The van der Waals surface area contributed by atoms with Crippen LogP contribution in [0.5, 0.6) is 0 Å². The third-order valence-corrected chi connectivity index (χ3v) is 5.78. The molecule has 0 saturated heterocycles. The van der Waals surface area contributed by atoms with Crippen LogP contribution in [-0.4, -0.2) is 24.6 Å². The van der Waals surface area contributed by atoms with Crippen molar-refractivity contribution in [2.75, 3.05) is 18.5 Å². The highest BCUT2D eigenvalue weighted by Crippen LogP contribution is 2.35. The van der Waals surface area contributed by atoms with Gasteiger partial charge in [-0.25, -0.2) is 4.98 Å². The van der Waals surface area contributed by atoms with Gasteiger partial charge in [-0.15, -0.1) is 11.3 Å². The summed E-state index contributed by atoms with van der Waals surface area (Å²) in [5.41, 5.74) is 1.42. The van der Waals surface area contributed by atoms with E-state index in [0.29, 0.717) is 0 Å². The first-order chi connectivity index (χ1) is 9.93. The Morgan fingerprint density at radius 1 is 1.24 bits per heavy atom. The molecular weight excluding hydrogens is 278 g/mol. The van der Waals surface area contributed by atoms with Crippen LogP contribution in [0.3, 0.4) is 0 Å². The van der Waals surface area contributed by atoms with E-state index < -0.39 is 0 Å². The molecule has 3 rings (SSSR count). The molecule has 0 aromatic carbocycles. The highest BCUT2D eigenvalue weighted by molar-refractivity contribution is 7.15. The third-order valence-electron chi connectivity index (χ3n) is 4.61. The SMILES string of the molecule is CN(CC1CCC1)c1nc(C(C)(C)C)c(CNC2CC2)s1. The molecule has 118 valence electrons. The molecule has 1 N–H and O–H groups in total. The molecule has 2 aliphatic carbocycles. The fraction of sp³-hybridized carbons (Fsp3) is 0.824. The first-order valence-corrected chi connectivity index (χ1v) is 9.20. The zero-order valence-corrected chi connectivity index (χ0v) is 14.7. The normalized spacial score (nSPS) is 19.6. The summed E-state index contributed by atoms with van der Waals surface area (Å²) < 4.78 is 0. The van der Waals surface area contributed by atoms with Crippen molar-refractivity contribution >= 4 is 16.5 Å². The minimum atomic E-state index is 0.132. The van der Waals surface area contributed by atoms with Crippen LogP contribution in [-0.2, 0) is 12.0 Å². The minimum Gasteiger partial charge on any atom is -0.351 e. The number of nitrogens with one attached hydrogen (secondary N) is 1. The van der Waals surface area contributed by atoms with Crippen LogP contribution in [0.15, 0.2) is 0 Å². The van der Waals surface area contributed by atoms with Crippen molar-refractivity contribution in [3.05, 3.63) is 10.6 Å². The first kappa shape index (κ1) is 15.3. The van der Waals surface area contributed by atoms with Crippen molar-refractivity contribution in [3.8, 4) is 0 Å². The zero-order chi connectivity index (χ0) is 15.0. The molecule has 3 nitrogen and oxygen atoms in total. The molecule has 0 radical (unpaired) electrons. The Hall–Kier alpha value is -0.610. The van der Waals surface area contributed by atoms with Gasteiger partial charge in [-0.05, 0) is 31.6 Å². The highest BCUT2D eigenvalue weighted by Gasteiger charge is 2.27. The van der Waals surface area contributed by atoms with E-state index in [4.69, 9.17) is 4.98 Å². The van der Waals surface area contributed by atoms with Crippen molar-refractivity contribution in [1.29, 1.82) is 0 Å². The molecule has 0 bridgehead atoms. The standard InChI is InChI=1S/C17H29N3S/c1-17(2,3)15-14(10-18-13-8-9-13)21-16(19-15)20(4)11-12-6-5-7-12/h12-13,18H,5-11H2,1-4H3. The molecule has 0 spiro atoms. The van der Waals surface area contributed by atoms with Crippen molar-refractivity contribution in [1.82, 2.24) is 10.3 Å². The Morgan fingerprint density at radius 2 is 1.95 bits per heavy atom. The molecule has 2 aliphatic rings. The third kappa shape index (κ3) is 3.78. The largest absolute Gasteiger partial charge is 0.351 e. The zero-order valence-electron chi connectivity index (χ0n) is 13.9. The van der Waals surface area contributed by atoms with Crippen LogP contribution in [0.1, 0.15) is 63.4 Å². The summed E-state index contributed by atoms with van der Waals surface area (Å²) in [5.74, 6) is 0.894. The van der Waals surface area contributed by atoms with Crippen LogP contribution in [0.4, 0.5) is 5.13 Å². The van der Waals surface area contributed by atoms with Crippen molar-refractivity contribution in [3.63, 3.8) is 0 Å². The lowest BCUT2D eigenvalue weighted by atomic mass is 9.85. The van der Waals surface area contributed by atoms with Gasteiger partial charge >= 0.3 is 0 Å². The molecule has 2 fully saturated rings. The summed E-state index contributed by atoms with van der Waals surface area (Å²) in [4.78, 5) is 8.81. The second kappa shape index (κ2) is 5.88. The summed E-state index contributed by atoms with van der Waals surface area (Å²) in [6.45, 7) is 8.99. The van der Waals surface area contributed by atoms with Gasteiger partial charge in [0.1, 0.15) is 0 Å². The summed E-state index contributed by atoms with van der Waals surface area (Å²) in [6.07, 6.45) is 6.91. The van der Waals surface area contributed by atoms with E-state index in [1.807, 2.05) is 11.3 Å². The van der Waals surface area contributed by atoms with E-state index in [0.717, 1.165) is 18.5 Å². The smallest absolute Gasteiger partial charge is 0.185 e. The maximum atomic E-state index is 5.00. The monoisotopic (exact) mass is 307 g/mol. The fourth-order valence-corrected chi connectivity index (χ4v) is 4.07. The molecule has 21 heavy (non-hydrogen) atoms. The number of hydrogen-bond acceptors (Lipinski definition) is 4. The Labute approximate surface area is 133 Å². The Balaban J connectivity index is 1.72. The molecule has 1 aromatic rings. The van der Waals surface area contributed by atoms with Gasteiger partial charge in [0.25, 0.3) is 0 Å². The summed E-state index contributed by atoms with van der Waals surface area (Å²) >= 11 is 1.89. The minimum absolute atomic E-state index is 0.132. The van der Waals surface area contributed by atoms with Crippen LogP contribution < -0.4 is 10.2 Å². The first-order valence-electron chi connectivity index (χ1n) is 8.38. The van der Waals surface area contributed by atoms with Gasteiger partial charge < -0.3 is 10.2 Å². The average Bonchev–Trinajstić information content (AvgIpc) is 3.07. The second-order valence-electron chi connectivity index (χ2n) is 7.85. The van der Waals surface area contributed by atoms with Crippen LogP contribution >= 0.6 is 11.3 Å². The lowest BCUT2D eigenvalue weighted by molar-refractivity contribution is 0.321. The lowest BCUT2D eigenvalue weighted by Gasteiger charge is -2.29. The predicted molar refractivity (Wildman–Crippen MR) is 91.3 cm³/mol. The highest BCUT2D eigenvalue weighted by atomic mass is 32.1. The van der Waals surface area contributed by atoms with Crippen LogP contribution in [0.2, 0.25) is 0 Å². The molecule has 2 saturated carbocycles. The van der Waals surface area contributed by atoms with E-state index in [2.05, 4.69) is 38.0 Å². The van der Waals surface area contributed by atoms with E-state index in [9.17, 15) is 0 Å². The van der Waals surface area contributed by atoms with E-state index in [1.54, 1.807) is 0 Å². The number of aromatic nitrogens is 1. The Bertz CT molecular complexity index is 481. The van der Waals surface area contributed by atoms with Gasteiger partial charge in [-0.1, -0.05) is 27.2 Å². The number of rotatable bonds is 6. The summed E-state index contributed by atoms with van der Waals surface area (Å²) in [6, 6.07) is 0.760. The molecule has 0 unspecified atom stereocenters. The molecule has 1 heterocycles. The van der Waals surface area contributed by atoms with Gasteiger partial charge in [0.05, 0.1) is 5.69 Å². The number of anilines is 1. The van der Waals surface area contributed by atoms with Gasteiger partial charge in [0, 0.05) is 36.5 Å². The van der Waals surface area contributed by atoms with Gasteiger partial charge in [0.15, 0.2) is 5.13 Å². The molecular formula is C17H29N3S. The van der Waals surface area contributed by atoms with E-state index in [1.165, 1.54) is 54.4 Å². The average molecular weight is 308 g/mol. The Kier molecular flexibility index (Phi) is 4.28. The Morgan fingerprint density at radius 3 is 2.48 bits per heavy atom. The van der Waals surface area contributed by atoms with Crippen LogP contribution in [0, 0.1) is 5.92 Å². The topological polar surface area (TPSA) is 28.2 Å². The fourth-order valence-electron chi connectivity index (χ4n) is 2.87. The van der Waals surface area contributed by atoms with Gasteiger partial charge in [-0.2, -0.15) is 0 Å². The van der Waals surface area contributed by atoms with Gasteiger partial charge in [0.2, 0.25) is 0 Å². The molecule has 0 aliphatic heterocycles. The van der Waals surface area contributed by atoms with Crippen LogP contribution in [0.25, 0.3) is 0 Å². The maximum absolute atomic E-state index is 5.00.